The molecule has 0 aliphatic heterocycles. The highest BCUT2D eigenvalue weighted by Gasteiger charge is 2.05. The van der Waals surface area contributed by atoms with Crippen LogP contribution in [-0.4, -0.2) is 23.8 Å². The van der Waals surface area contributed by atoms with Gasteiger partial charge in [0.25, 0.3) is 5.91 Å². The van der Waals surface area contributed by atoms with Crippen molar-refractivity contribution in [1.29, 1.82) is 0 Å². The van der Waals surface area contributed by atoms with Gasteiger partial charge in [0.2, 0.25) is 0 Å². The quantitative estimate of drug-likeness (QED) is 0.362. The number of halogens is 2. The third kappa shape index (κ3) is 5.43. The van der Waals surface area contributed by atoms with Crippen molar-refractivity contribution in [3.05, 3.63) is 81.2 Å². The average molecular weight is 504 g/mol. The normalized spacial score (nSPS) is 10.8. The summed E-state index contributed by atoms with van der Waals surface area (Å²) < 4.78 is 6.77. The Hall–Kier alpha value is -2.64. The van der Waals surface area contributed by atoms with Crippen LogP contribution in [0.2, 0.25) is 0 Å². The molecule has 5 nitrogen and oxygen atoms in total. The standard InChI is InChI=1S/C21H16Br2N2O3/c22-18-11-19(23)20(26)10-16(18)12-24-25-21(27)13-28-17-8-6-15(7-9-17)14-4-2-1-3-5-14/h1-12,26H,13H2,(H,25,27). The number of nitrogens with zero attached hydrogens (tertiary/aromatic N) is 1. The van der Waals surface area contributed by atoms with Gasteiger partial charge in [-0.15, -0.1) is 0 Å². The molecule has 0 radical (unpaired) electrons. The van der Waals surface area contributed by atoms with Crippen LogP contribution in [0.25, 0.3) is 11.1 Å². The third-order valence-corrected chi connectivity index (χ3v) is 5.11. The first-order chi connectivity index (χ1) is 13.5. The summed E-state index contributed by atoms with van der Waals surface area (Å²) in [7, 11) is 0. The number of phenolic OH excluding ortho intramolecular Hbond substituents is 1. The first-order valence-corrected chi connectivity index (χ1v) is 9.90. The first-order valence-electron chi connectivity index (χ1n) is 8.31. The number of nitrogens with one attached hydrogen (secondary N) is 1. The number of rotatable bonds is 6. The minimum absolute atomic E-state index is 0.0817. The van der Waals surface area contributed by atoms with Crippen LogP contribution in [0.5, 0.6) is 11.5 Å². The van der Waals surface area contributed by atoms with Gasteiger partial charge in [0.1, 0.15) is 11.5 Å². The summed E-state index contributed by atoms with van der Waals surface area (Å²) in [5.74, 6) is 0.290. The Bertz CT molecular complexity index is 991. The molecular formula is C21H16Br2N2O3. The van der Waals surface area contributed by atoms with Crippen LogP contribution in [-0.2, 0) is 4.79 Å². The Kier molecular flexibility index (Phi) is 6.84. The number of carbonyl (C=O) groups is 1. The van der Waals surface area contributed by atoms with E-state index in [-0.39, 0.29) is 18.3 Å². The monoisotopic (exact) mass is 502 g/mol. The lowest BCUT2D eigenvalue weighted by atomic mass is 10.1. The minimum Gasteiger partial charge on any atom is -0.507 e. The van der Waals surface area contributed by atoms with Gasteiger partial charge in [-0.2, -0.15) is 5.10 Å². The summed E-state index contributed by atoms with van der Waals surface area (Å²) >= 11 is 6.58. The van der Waals surface area contributed by atoms with Crippen molar-refractivity contribution < 1.29 is 14.6 Å². The summed E-state index contributed by atoms with van der Waals surface area (Å²) in [6.45, 7) is -0.158. The Labute approximate surface area is 179 Å². The van der Waals surface area contributed by atoms with Gasteiger partial charge in [-0.1, -0.05) is 58.4 Å². The molecule has 0 aromatic heterocycles. The topological polar surface area (TPSA) is 70.9 Å². The maximum Gasteiger partial charge on any atom is 0.277 e. The number of hydrogen-bond acceptors (Lipinski definition) is 4. The molecule has 2 N–H and O–H groups in total. The van der Waals surface area contributed by atoms with Gasteiger partial charge in [0.15, 0.2) is 6.61 Å². The van der Waals surface area contributed by atoms with Crippen LogP contribution in [0.1, 0.15) is 5.56 Å². The fraction of sp³-hybridized carbons (Fsp3) is 0.0476. The second kappa shape index (κ2) is 9.52. The Morgan fingerprint density at radius 3 is 2.39 bits per heavy atom. The zero-order valence-corrected chi connectivity index (χ0v) is 17.8. The molecule has 0 aliphatic rings. The van der Waals surface area contributed by atoms with Crippen molar-refractivity contribution >= 4 is 44.0 Å². The molecule has 1 amide bonds. The summed E-state index contributed by atoms with van der Waals surface area (Å²) in [6, 6.07) is 20.8. The zero-order valence-electron chi connectivity index (χ0n) is 14.6. The van der Waals surface area contributed by atoms with E-state index in [4.69, 9.17) is 4.74 Å². The molecule has 0 spiro atoms. The average Bonchev–Trinajstić information content (AvgIpc) is 2.71. The van der Waals surface area contributed by atoms with E-state index in [1.807, 2.05) is 54.6 Å². The number of hydrazone groups is 1. The van der Waals surface area contributed by atoms with Crippen LogP contribution in [0, 0.1) is 0 Å². The number of carbonyl (C=O) groups excluding carboxylic acids is 1. The van der Waals surface area contributed by atoms with E-state index in [2.05, 4.69) is 42.4 Å². The van der Waals surface area contributed by atoms with Crippen molar-refractivity contribution in [3.8, 4) is 22.6 Å². The summed E-state index contributed by atoms with van der Waals surface area (Å²) in [5, 5.41) is 13.6. The third-order valence-electron chi connectivity index (χ3n) is 3.79. The van der Waals surface area contributed by atoms with Crippen LogP contribution < -0.4 is 10.2 Å². The lowest BCUT2D eigenvalue weighted by molar-refractivity contribution is -0.123. The van der Waals surface area contributed by atoms with Gasteiger partial charge in [0.05, 0.1) is 10.7 Å². The molecule has 142 valence electrons. The fourth-order valence-electron chi connectivity index (χ4n) is 2.38. The van der Waals surface area contributed by atoms with Crippen LogP contribution >= 0.6 is 31.9 Å². The van der Waals surface area contributed by atoms with Crippen molar-refractivity contribution in [2.75, 3.05) is 6.61 Å². The van der Waals surface area contributed by atoms with E-state index in [0.717, 1.165) is 15.6 Å². The van der Waals surface area contributed by atoms with Crippen LogP contribution in [0.15, 0.2) is 80.8 Å². The molecule has 0 saturated heterocycles. The molecule has 0 aliphatic carbocycles. The van der Waals surface area contributed by atoms with Crippen molar-refractivity contribution in [3.63, 3.8) is 0 Å². The smallest absolute Gasteiger partial charge is 0.277 e. The molecule has 3 rings (SSSR count). The predicted molar refractivity (Wildman–Crippen MR) is 117 cm³/mol. The SMILES string of the molecule is O=C(COc1ccc(-c2ccccc2)cc1)NN=Cc1cc(O)c(Br)cc1Br. The Morgan fingerprint density at radius 2 is 1.68 bits per heavy atom. The minimum atomic E-state index is -0.388. The molecule has 0 heterocycles. The van der Waals surface area contributed by atoms with Crippen molar-refractivity contribution in [1.82, 2.24) is 5.43 Å². The summed E-state index contributed by atoms with van der Waals surface area (Å²) in [6.07, 6.45) is 1.43. The summed E-state index contributed by atoms with van der Waals surface area (Å²) in [5.41, 5.74) is 5.21. The summed E-state index contributed by atoms with van der Waals surface area (Å²) in [4.78, 5) is 11.9. The first kappa shape index (κ1) is 20.1. The fourth-order valence-corrected chi connectivity index (χ4v) is 3.48. The van der Waals surface area contributed by atoms with Gasteiger partial charge in [0, 0.05) is 10.0 Å². The van der Waals surface area contributed by atoms with Gasteiger partial charge in [-0.3, -0.25) is 4.79 Å². The largest absolute Gasteiger partial charge is 0.507 e. The van der Waals surface area contributed by atoms with Gasteiger partial charge in [-0.25, -0.2) is 5.43 Å². The molecule has 0 saturated carbocycles. The number of benzene rings is 3. The molecule has 7 heteroatoms. The van der Waals surface area contributed by atoms with Gasteiger partial charge < -0.3 is 9.84 Å². The zero-order chi connectivity index (χ0) is 19.9. The second-order valence-electron chi connectivity index (χ2n) is 5.80. The molecule has 0 unspecified atom stereocenters. The highest BCUT2D eigenvalue weighted by atomic mass is 79.9. The number of phenols is 1. The molecule has 3 aromatic carbocycles. The van der Waals surface area contributed by atoms with E-state index in [1.165, 1.54) is 12.3 Å². The molecule has 0 atom stereocenters. The van der Waals surface area contributed by atoms with E-state index >= 15 is 0 Å². The Balaban J connectivity index is 1.51. The van der Waals surface area contributed by atoms with E-state index in [0.29, 0.717) is 15.8 Å². The molecular weight excluding hydrogens is 488 g/mol. The maximum atomic E-state index is 11.9. The molecule has 0 bridgehead atoms. The van der Waals surface area contributed by atoms with Crippen LogP contribution in [0.3, 0.4) is 0 Å². The van der Waals surface area contributed by atoms with Crippen molar-refractivity contribution in [2.24, 2.45) is 5.10 Å². The lowest BCUT2D eigenvalue weighted by Crippen LogP contribution is -2.24. The maximum absolute atomic E-state index is 11.9. The molecule has 28 heavy (non-hydrogen) atoms. The van der Waals surface area contributed by atoms with Crippen LogP contribution in [0.4, 0.5) is 0 Å². The number of aromatic hydroxyl groups is 1. The number of hydrogen-bond donors (Lipinski definition) is 2. The highest BCUT2D eigenvalue weighted by molar-refractivity contribution is 9.11. The Morgan fingerprint density at radius 1 is 1.00 bits per heavy atom. The van der Waals surface area contributed by atoms with Crippen molar-refractivity contribution in [2.45, 2.75) is 0 Å². The van der Waals surface area contributed by atoms with Gasteiger partial charge in [-0.05, 0) is 51.3 Å². The van der Waals surface area contributed by atoms with E-state index in [1.54, 1.807) is 6.07 Å². The number of ether oxygens (including phenoxy) is 1. The second-order valence-corrected chi connectivity index (χ2v) is 7.51. The van der Waals surface area contributed by atoms with E-state index < -0.39 is 0 Å². The van der Waals surface area contributed by atoms with E-state index in [9.17, 15) is 9.90 Å². The molecule has 3 aromatic rings. The highest BCUT2D eigenvalue weighted by Crippen LogP contribution is 2.29. The molecule has 0 fully saturated rings. The van der Waals surface area contributed by atoms with Gasteiger partial charge >= 0.3 is 0 Å². The number of amides is 1. The lowest BCUT2D eigenvalue weighted by Gasteiger charge is -2.07. The predicted octanol–water partition coefficient (Wildman–Crippen LogP) is 5.11.